The lowest BCUT2D eigenvalue weighted by molar-refractivity contribution is -0.132. The van der Waals surface area contributed by atoms with E-state index < -0.39 is 9.84 Å². The first-order chi connectivity index (χ1) is 9.52. The number of carbonyl (C=O) groups is 1. The molecule has 2 fully saturated rings. The van der Waals surface area contributed by atoms with Gasteiger partial charge in [-0.05, 0) is 38.3 Å². The third kappa shape index (κ3) is 3.97. The highest BCUT2D eigenvalue weighted by Crippen LogP contribution is 2.20. The maximum Gasteiger partial charge on any atom is 0.223 e. The number of amides is 1. The average molecular weight is 298 g/mol. The molecule has 1 N–H and O–H groups in total. The van der Waals surface area contributed by atoms with Crippen molar-refractivity contribution in [3.05, 3.63) is 0 Å². The number of nitrogens with zero attached hydrogens (tertiary/aromatic N) is 1. The highest BCUT2D eigenvalue weighted by atomic mass is 32.2. The molecule has 2 unspecified atom stereocenters. The van der Waals surface area contributed by atoms with E-state index in [1.807, 2.05) is 0 Å². The Morgan fingerprint density at radius 3 is 2.75 bits per heavy atom. The summed E-state index contributed by atoms with van der Waals surface area (Å²) in [6.45, 7) is 2.20. The fraction of sp³-hybridized carbons (Fsp3) is 0.786. The molecule has 0 aromatic carbocycles. The average Bonchev–Trinajstić information content (AvgIpc) is 3.02. The van der Waals surface area contributed by atoms with Gasteiger partial charge in [0.15, 0.2) is 9.84 Å². The van der Waals surface area contributed by atoms with Crippen molar-refractivity contribution >= 4 is 15.7 Å². The Morgan fingerprint density at radius 1 is 1.40 bits per heavy atom. The summed E-state index contributed by atoms with van der Waals surface area (Å²) < 4.78 is 23.1. The summed E-state index contributed by atoms with van der Waals surface area (Å²) in [4.78, 5) is 13.9. The summed E-state index contributed by atoms with van der Waals surface area (Å²) in [6, 6.07) is -0.231. The second-order valence-electron chi connectivity index (χ2n) is 5.68. The van der Waals surface area contributed by atoms with E-state index in [0.29, 0.717) is 18.8 Å². The smallest absolute Gasteiger partial charge is 0.223 e. The van der Waals surface area contributed by atoms with Crippen LogP contribution in [-0.4, -0.2) is 56.4 Å². The van der Waals surface area contributed by atoms with E-state index in [-0.39, 0.29) is 30.0 Å². The van der Waals surface area contributed by atoms with Gasteiger partial charge in [-0.15, -0.1) is 6.42 Å². The van der Waals surface area contributed by atoms with Gasteiger partial charge in [0.1, 0.15) is 0 Å². The van der Waals surface area contributed by atoms with Crippen LogP contribution in [-0.2, 0) is 14.6 Å². The molecule has 2 saturated heterocycles. The minimum absolute atomic E-state index is 0.00282. The van der Waals surface area contributed by atoms with Crippen molar-refractivity contribution in [1.82, 2.24) is 10.2 Å². The minimum Gasteiger partial charge on any atom is -0.328 e. The molecule has 1 amide bonds. The SMILES string of the molecule is C#CCN(C(=O)CCC1CCNC1)C1CCS(=O)(=O)C1. The topological polar surface area (TPSA) is 66.5 Å². The van der Waals surface area contributed by atoms with Crippen molar-refractivity contribution in [3.63, 3.8) is 0 Å². The zero-order valence-corrected chi connectivity index (χ0v) is 12.5. The third-order valence-corrected chi connectivity index (χ3v) is 5.91. The molecule has 6 heteroatoms. The van der Waals surface area contributed by atoms with Gasteiger partial charge >= 0.3 is 0 Å². The van der Waals surface area contributed by atoms with Gasteiger partial charge in [0, 0.05) is 12.5 Å². The molecule has 0 aliphatic carbocycles. The monoisotopic (exact) mass is 298 g/mol. The van der Waals surface area contributed by atoms with E-state index in [1.165, 1.54) is 0 Å². The summed E-state index contributed by atoms with van der Waals surface area (Å²) >= 11 is 0. The zero-order valence-electron chi connectivity index (χ0n) is 11.7. The van der Waals surface area contributed by atoms with E-state index in [9.17, 15) is 13.2 Å². The Bertz CT molecular complexity index is 489. The molecule has 5 nitrogen and oxygen atoms in total. The lowest BCUT2D eigenvalue weighted by Gasteiger charge is -2.26. The molecule has 0 aromatic heterocycles. The maximum absolute atomic E-state index is 12.3. The molecule has 20 heavy (non-hydrogen) atoms. The number of nitrogens with one attached hydrogen (secondary N) is 1. The van der Waals surface area contributed by atoms with E-state index in [4.69, 9.17) is 6.42 Å². The number of sulfone groups is 1. The third-order valence-electron chi connectivity index (χ3n) is 4.16. The van der Waals surface area contributed by atoms with Crippen LogP contribution < -0.4 is 5.32 Å². The first-order valence-electron chi connectivity index (χ1n) is 7.16. The van der Waals surface area contributed by atoms with E-state index in [2.05, 4.69) is 11.2 Å². The number of hydrogen-bond acceptors (Lipinski definition) is 4. The standard InChI is InChI=1S/C14H22N2O3S/c1-2-8-16(13-6-9-20(18,19)11-13)14(17)4-3-12-5-7-15-10-12/h1,12-13,15H,3-11H2. The Kier molecular flexibility index (Phi) is 5.06. The quantitative estimate of drug-likeness (QED) is 0.727. The number of hydrogen-bond donors (Lipinski definition) is 1. The number of carbonyl (C=O) groups excluding carboxylic acids is 1. The molecular weight excluding hydrogens is 276 g/mol. The van der Waals surface area contributed by atoms with Gasteiger partial charge in [-0.2, -0.15) is 0 Å². The van der Waals surface area contributed by atoms with E-state index in [0.717, 1.165) is 25.9 Å². The lowest BCUT2D eigenvalue weighted by atomic mass is 10.0. The number of rotatable bonds is 5. The van der Waals surface area contributed by atoms with E-state index in [1.54, 1.807) is 4.90 Å². The van der Waals surface area contributed by atoms with E-state index >= 15 is 0 Å². The zero-order chi connectivity index (χ0) is 14.6. The van der Waals surface area contributed by atoms with Crippen LogP contribution in [0.5, 0.6) is 0 Å². The van der Waals surface area contributed by atoms with Crippen LogP contribution in [0.15, 0.2) is 0 Å². The molecule has 0 radical (unpaired) electrons. The molecule has 112 valence electrons. The first kappa shape index (κ1) is 15.3. The maximum atomic E-state index is 12.3. The second kappa shape index (κ2) is 6.59. The van der Waals surface area contributed by atoms with Crippen LogP contribution in [0.3, 0.4) is 0 Å². The largest absolute Gasteiger partial charge is 0.328 e. The molecule has 2 atom stereocenters. The highest BCUT2D eigenvalue weighted by molar-refractivity contribution is 7.91. The van der Waals surface area contributed by atoms with Gasteiger partial charge < -0.3 is 10.2 Å². The Morgan fingerprint density at radius 2 is 2.20 bits per heavy atom. The Balaban J connectivity index is 1.90. The van der Waals surface area contributed by atoms with Crippen molar-refractivity contribution in [2.24, 2.45) is 5.92 Å². The summed E-state index contributed by atoms with van der Waals surface area (Å²) in [5.41, 5.74) is 0. The summed E-state index contributed by atoms with van der Waals surface area (Å²) in [5.74, 6) is 3.26. The van der Waals surface area contributed by atoms with Gasteiger partial charge in [-0.1, -0.05) is 5.92 Å². The highest BCUT2D eigenvalue weighted by Gasteiger charge is 2.34. The molecule has 0 bridgehead atoms. The predicted octanol–water partition coefficient (Wildman–Crippen LogP) is 0.0250. The van der Waals surface area contributed by atoms with Crippen LogP contribution in [0.1, 0.15) is 25.7 Å². The Labute approximate surface area is 121 Å². The summed E-state index contributed by atoms with van der Waals surface area (Å²) in [6.07, 6.45) is 8.26. The van der Waals surface area contributed by atoms with Crippen LogP contribution >= 0.6 is 0 Å². The summed E-state index contributed by atoms with van der Waals surface area (Å²) in [5, 5.41) is 3.28. The van der Waals surface area contributed by atoms with Crippen LogP contribution in [0.4, 0.5) is 0 Å². The molecular formula is C14H22N2O3S. The molecule has 2 aliphatic rings. The molecule has 2 heterocycles. The van der Waals surface area contributed by atoms with Gasteiger partial charge in [-0.25, -0.2) is 8.42 Å². The van der Waals surface area contributed by atoms with Crippen molar-refractivity contribution < 1.29 is 13.2 Å². The molecule has 2 rings (SSSR count). The molecule has 0 saturated carbocycles. The normalized spacial score (nSPS) is 28.1. The first-order valence-corrected chi connectivity index (χ1v) is 8.98. The second-order valence-corrected chi connectivity index (χ2v) is 7.91. The number of terminal acetylenes is 1. The van der Waals surface area contributed by atoms with Crippen LogP contribution in [0.25, 0.3) is 0 Å². The molecule has 0 spiro atoms. The van der Waals surface area contributed by atoms with Gasteiger partial charge in [0.25, 0.3) is 0 Å². The van der Waals surface area contributed by atoms with Gasteiger partial charge in [0.05, 0.1) is 18.1 Å². The van der Waals surface area contributed by atoms with Crippen molar-refractivity contribution in [2.45, 2.75) is 31.7 Å². The molecule has 0 aromatic rings. The van der Waals surface area contributed by atoms with Crippen molar-refractivity contribution in [2.75, 3.05) is 31.1 Å². The predicted molar refractivity (Wildman–Crippen MR) is 77.8 cm³/mol. The fourth-order valence-electron chi connectivity index (χ4n) is 2.97. The Hall–Kier alpha value is -1.06. The minimum atomic E-state index is -3.00. The van der Waals surface area contributed by atoms with Gasteiger partial charge in [-0.3, -0.25) is 4.79 Å². The summed E-state index contributed by atoms with van der Waals surface area (Å²) in [7, 11) is -3.00. The van der Waals surface area contributed by atoms with Crippen LogP contribution in [0, 0.1) is 18.3 Å². The van der Waals surface area contributed by atoms with Crippen molar-refractivity contribution in [3.8, 4) is 12.3 Å². The van der Waals surface area contributed by atoms with Gasteiger partial charge in [0.2, 0.25) is 5.91 Å². The molecule has 2 aliphatic heterocycles. The lowest BCUT2D eigenvalue weighted by Crippen LogP contribution is -2.41. The van der Waals surface area contributed by atoms with Crippen molar-refractivity contribution in [1.29, 1.82) is 0 Å². The fourth-order valence-corrected chi connectivity index (χ4v) is 4.70. The van der Waals surface area contributed by atoms with Crippen LogP contribution in [0.2, 0.25) is 0 Å².